The number of likely N-dealkylation sites (tertiary alicyclic amines) is 1. The van der Waals surface area contributed by atoms with Gasteiger partial charge in [-0.2, -0.15) is 5.26 Å². The number of H-pyrrole nitrogens is 1. The van der Waals surface area contributed by atoms with E-state index in [9.17, 15) is 10.1 Å². The van der Waals surface area contributed by atoms with Gasteiger partial charge in [0.1, 0.15) is 23.6 Å². The molecule has 41 heavy (non-hydrogen) atoms. The van der Waals surface area contributed by atoms with Gasteiger partial charge in [0.15, 0.2) is 0 Å². The molecule has 1 N–H and O–H groups in total. The summed E-state index contributed by atoms with van der Waals surface area (Å²) in [4.78, 5) is 28.2. The van der Waals surface area contributed by atoms with E-state index in [1.54, 1.807) is 11.1 Å². The van der Waals surface area contributed by atoms with E-state index in [1.165, 1.54) is 5.69 Å². The molecule has 0 bridgehead atoms. The van der Waals surface area contributed by atoms with Crippen LogP contribution in [0, 0.1) is 11.3 Å². The van der Waals surface area contributed by atoms with Gasteiger partial charge in [-0.05, 0) is 59.8 Å². The maximum atomic E-state index is 12.3. The molecule has 0 unspecified atom stereocenters. The number of fused-ring (bicyclic) bond motifs is 1. The van der Waals surface area contributed by atoms with Crippen molar-refractivity contribution in [2.75, 3.05) is 50.8 Å². The second kappa shape index (κ2) is 11.8. The summed E-state index contributed by atoms with van der Waals surface area (Å²) in [6.07, 6.45) is 2.71. The Labute approximate surface area is 239 Å². The van der Waals surface area contributed by atoms with Crippen molar-refractivity contribution in [1.82, 2.24) is 14.9 Å². The summed E-state index contributed by atoms with van der Waals surface area (Å²) in [5.74, 6) is 0.587. The Bertz CT molecular complexity index is 1600. The van der Waals surface area contributed by atoms with Gasteiger partial charge >= 0.3 is 0 Å². The number of anilines is 1. The SMILES string of the molecule is C=NCCC(=O)N1CC[C@H](Oc2ccc(-c3ccnc4[nH]c(-c5ccc(N6CCOCC6)cc5)cc34)cc2C#N)C1. The van der Waals surface area contributed by atoms with E-state index >= 15 is 0 Å². The van der Waals surface area contributed by atoms with Crippen LogP contribution < -0.4 is 9.64 Å². The van der Waals surface area contributed by atoms with E-state index < -0.39 is 0 Å². The first-order valence-electron chi connectivity index (χ1n) is 14.0. The lowest BCUT2D eigenvalue weighted by Crippen LogP contribution is -2.36. The minimum atomic E-state index is -0.150. The Balaban J connectivity index is 1.21. The van der Waals surface area contributed by atoms with Crippen LogP contribution in [0.4, 0.5) is 5.69 Å². The minimum Gasteiger partial charge on any atom is -0.487 e. The highest BCUT2D eigenvalue weighted by Gasteiger charge is 2.28. The van der Waals surface area contributed by atoms with Gasteiger partial charge in [0, 0.05) is 62.0 Å². The zero-order chi connectivity index (χ0) is 28.2. The van der Waals surface area contributed by atoms with Crippen molar-refractivity contribution >= 4 is 29.3 Å². The number of aliphatic imine (C=N–C) groups is 1. The number of carbonyl (C=O) groups excluding carboxylic acids is 1. The first-order valence-corrected chi connectivity index (χ1v) is 14.0. The lowest BCUT2D eigenvalue weighted by Gasteiger charge is -2.28. The van der Waals surface area contributed by atoms with Gasteiger partial charge in [-0.3, -0.25) is 4.79 Å². The largest absolute Gasteiger partial charge is 0.487 e. The Kier molecular flexibility index (Phi) is 7.65. The van der Waals surface area contributed by atoms with Crippen LogP contribution in [-0.2, 0) is 9.53 Å². The zero-order valence-corrected chi connectivity index (χ0v) is 22.9. The predicted octanol–water partition coefficient (Wildman–Crippen LogP) is 4.68. The van der Waals surface area contributed by atoms with Crippen molar-refractivity contribution in [3.63, 3.8) is 0 Å². The molecule has 0 aliphatic carbocycles. The lowest BCUT2D eigenvalue weighted by atomic mass is 10.0. The standard InChI is InChI=1S/C32H32N6O3/c1-34-11-9-31(39)38-13-10-26(21-38)41-30-7-4-23(18-24(30)20-33)27-8-12-35-32-28(27)19-29(36-32)22-2-5-25(6-3-22)37-14-16-40-17-15-37/h2-8,12,18-19,26H,1,9-11,13-17,21H2,(H,35,36)/t26-/m0/s1. The normalized spacial score (nSPS) is 17.0. The number of rotatable bonds is 8. The number of nitrogens with zero attached hydrogens (tertiary/aromatic N) is 5. The number of nitriles is 1. The summed E-state index contributed by atoms with van der Waals surface area (Å²) in [5, 5.41) is 10.9. The molecule has 0 radical (unpaired) electrons. The summed E-state index contributed by atoms with van der Waals surface area (Å²) >= 11 is 0. The maximum Gasteiger partial charge on any atom is 0.224 e. The van der Waals surface area contributed by atoms with E-state index in [4.69, 9.17) is 9.47 Å². The molecule has 0 saturated carbocycles. The van der Waals surface area contributed by atoms with Crippen molar-refractivity contribution in [1.29, 1.82) is 5.26 Å². The van der Waals surface area contributed by atoms with Crippen LogP contribution >= 0.6 is 0 Å². The smallest absolute Gasteiger partial charge is 0.224 e. The van der Waals surface area contributed by atoms with Crippen LogP contribution in [0.5, 0.6) is 5.75 Å². The molecule has 1 atom stereocenters. The molecule has 4 aromatic rings. The summed E-state index contributed by atoms with van der Waals surface area (Å²) in [6, 6.07) is 20.6. The number of ether oxygens (including phenoxy) is 2. The van der Waals surface area contributed by atoms with Crippen LogP contribution in [0.2, 0.25) is 0 Å². The molecule has 9 nitrogen and oxygen atoms in total. The molecule has 4 heterocycles. The van der Waals surface area contributed by atoms with E-state index in [0.29, 0.717) is 37.4 Å². The molecule has 208 valence electrons. The number of hydrogen-bond donors (Lipinski definition) is 1. The minimum absolute atomic E-state index is 0.0555. The van der Waals surface area contributed by atoms with E-state index in [1.807, 2.05) is 24.3 Å². The van der Waals surface area contributed by atoms with Crippen molar-refractivity contribution in [3.8, 4) is 34.2 Å². The maximum absolute atomic E-state index is 12.3. The topological polar surface area (TPSA) is 107 Å². The summed E-state index contributed by atoms with van der Waals surface area (Å²) in [6.45, 7) is 8.33. The molecule has 2 aliphatic rings. The number of morpholine rings is 1. The van der Waals surface area contributed by atoms with Crippen molar-refractivity contribution in [2.45, 2.75) is 18.9 Å². The van der Waals surface area contributed by atoms with Gasteiger partial charge in [0.25, 0.3) is 0 Å². The van der Waals surface area contributed by atoms with E-state index in [-0.39, 0.29) is 12.0 Å². The van der Waals surface area contributed by atoms with Crippen molar-refractivity contribution < 1.29 is 14.3 Å². The third-order valence-electron chi connectivity index (χ3n) is 7.77. The van der Waals surface area contributed by atoms with E-state index in [0.717, 1.165) is 66.1 Å². The molecular formula is C32H32N6O3. The second-order valence-corrected chi connectivity index (χ2v) is 10.3. The zero-order valence-electron chi connectivity index (χ0n) is 22.9. The van der Waals surface area contributed by atoms with Crippen molar-refractivity contribution in [2.24, 2.45) is 4.99 Å². The molecule has 9 heteroatoms. The van der Waals surface area contributed by atoms with E-state index in [2.05, 4.69) is 63.0 Å². The number of aromatic amines is 1. The van der Waals surface area contributed by atoms with Crippen LogP contribution in [0.1, 0.15) is 18.4 Å². The molecule has 0 spiro atoms. The summed E-state index contributed by atoms with van der Waals surface area (Å²) < 4.78 is 11.7. The first kappa shape index (κ1) is 26.5. The Morgan fingerprint density at radius 3 is 2.71 bits per heavy atom. The molecule has 2 aliphatic heterocycles. The highest BCUT2D eigenvalue weighted by molar-refractivity contribution is 5.96. The fourth-order valence-electron chi connectivity index (χ4n) is 5.56. The number of pyridine rings is 1. The summed E-state index contributed by atoms with van der Waals surface area (Å²) in [5.41, 5.74) is 6.41. The molecular weight excluding hydrogens is 516 g/mol. The monoisotopic (exact) mass is 548 g/mol. The van der Waals surface area contributed by atoms with Crippen LogP contribution in [0.15, 0.2) is 65.8 Å². The highest BCUT2D eigenvalue weighted by atomic mass is 16.5. The molecule has 2 aromatic carbocycles. The number of amides is 1. The number of aromatic nitrogens is 2. The lowest BCUT2D eigenvalue weighted by molar-refractivity contribution is -0.130. The third-order valence-corrected chi connectivity index (χ3v) is 7.77. The fourth-order valence-corrected chi connectivity index (χ4v) is 5.56. The Hall–Kier alpha value is -4.68. The number of benzene rings is 2. The fraction of sp³-hybridized carbons (Fsp3) is 0.312. The van der Waals surface area contributed by atoms with Crippen LogP contribution in [0.25, 0.3) is 33.4 Å². The predicted molar refractivity (Wildman–Crippen MR) is 159 cm³/mol. The Morgan fingerprint density at radius 2 is 1.93 bits per heavy atom. The van der Waals surface area contributed by atoms with Gasteiger partial charge in [-0.25, -0.2) is 4.98 Å². The van der Waals surface area contributed by atoms with Gasteiger partial charge in [-0.1, -0.05) is 18.2 Å². The molecule has 2 aromatic heterocycles. The highest BCUT2D eigenvalue weighted by Crippen LogP contribution is 2.34. The van der Waals surface area contributed by atoms with Gasteiger partial charge < -0.3 is 29.2 Å². The number of carbonyl (C=O) groups is 1. The van der Waals surface area contributed by atoms with Crippen molar-refractivity contribution in [3.05, 3.63) is 66.4 Å². The van der Waals surface area contributed by atoms with Gasteiger partial charge in [-0.15, -0.1) is 0 Å². The molecule has 1 amide bonds. The third kappa shape index (κ3) is 5.65. The number of hydrogen-bond acceptors (Lipinski definition) is 7. The summed E-state index contributed by atoms with van der Waals surface area (Å²) in [7, 11) is 0. The molecule has 6 rings (SSSR count). The first-order chi connectivity index (χ1) is 20.1. The van der Waals surface area contributed by atoms with Gasteiger partial charge in [0.05, 0.1) is 25.3 Å². The average molecular weight is 549 g/mol. The van der Waals surface area contributed by atoms with Crippen LogP contribution in [-0.4, -0.2) is 79.5 Å². The number of nitrogens with one attached hydrogen (secondary N) is 1. The van der Waals surface area contributed by atoms with Crippen LogP contribution in [0.3, 0.4) is 0 Å². The molecule has 2 saturated heterocycles. The van der Waals surface area contributed by atoms with Gasteiger partial charge in [0.2, 0.25) is 5.91 Å². The average Bonchev–Trinajstić information content (AvgIpc) is 3.68. The quantitative estimate of drug-likeness (QED) is 0.321. The molecule has 2 fully saturated rings. The second-order valence-electron chi connectivity index (χ2n) is 10.3. The Morgan fingerprint density at radius 1 is 1.12 bits per heavy atom.